The van der Waals surface area contributed by atoms with Crippen molar-refractivity contribution in [1.29, 1.82) is 0 Å². The second kappa shape index (κ2) is 7.24. The molecule has 0 aliphatic rings. The third kappa shape index (κ3) is 3.24. The number of ether oxygens (including phenoxy) is 2. The van der Waals surface area contributed by atoms with Crippen LogP contribution in [-0.2, 0) is 6.61 Å². The van der Waals surface area contributed by atoms with E-state index in [1.54, 1.807) is 6.07 Å². The minimum Gasteiger partial charge on any atom is -0.492 e. The van der Waals surface area contributed by atoms with Crippen LogP contribution in [0.1, 0.15) is 26.3 Å². The van der Waals surface area contributed by atoms with Crippen molar-refractivity contribution >= 4 is 12.2 Å². The molecule has 6 heteroatoms. The molecule has 0 atom stereocenters. The number of benzene rings is 2. The molecule has 22 heavy (non-hydrogen) atoms. The van der Waals surface area contributed by atoms with Crippen molar-refractivity contribution in [2.45, 2.75) is 6.61 Å². The number of methoxy groups -OCH3 is 1. The summed E-state index contributed by atoms with van der Waals surface area (Å²) in [4.78, 5) is 23.0. The first kappa shape index (κ1) is 15.5. The van der Waals surface area contributed by atoms with E-state index in [9.17, 15) is 9.59 Å². The van der Waals surface area contributed by atoms with Gasteiger partial charge in [-0.3, -0.25) is 15.0 Å². The van der Waals surface area contributed by atoms with Crippen molar-refractivity contribution in [2.75, 3.05) is 7.11 Å². The molecule has 3 N–H and O–H groups in total. The summed E-state index contributed by atoms with van der Waals surface area (Å²) in [6.45, 7) is 0.307. The van der Waals surface area contributed by atoms with Gasteiger partial charge in [0.05, 0.1) is 12.7 Å². The zero-order chi connectivity index (χ0) is 15.9. The fraction of sp³-hybridized carbons (Fsp3) is 0.125. The fourth-order valence-electron chi connectivity index (χ4n) is 2.04. The maximum Gasteiger partial charge on any atom is 0.269 e. The highest BCUT2D eigenvalue weighted by Gasteiger charge is 2.21. The molecule has 114 valence electrons. The van der Waals surface area contributed by atoms with Gasteiger partial charge in [-0.25, -0.2) is 5.84 Å². The Kier molecular flexibility index (Phi) is 5.11. The van der Waals surface area contributed by atoms with Gasteiger partial charge >= 0.3 is 0 Å². The van der Waals surface area contributed by atoms with E-state index in [0.29, 0.717) is 18.6 Å². The van der Waals surface area contributed by atoms with E-state index in [2.05, 4.69) is 0 Å². The SMILES string of the molecule is COc1c(OCc2ccccc2)ccc(C=O)c1C(=O)NN. The van der Waals surface area contributed by atoms with Gasteiger partial charge in [0.15, 0.2) is 17.8 Å². The number of aldehydes is 1. The number of hydrogen-bond donors (Lipinski definition) is 2. The van der Waals surface area contributed by atoms with Crippen LogP contribution in [0.25, 0.3) is 0 Å². The van der Waals surface area contributed by atoms with E-state index in [1.165, 1.54) is 13.2 Å². The number of hydrogen-bond acceptors (Lipinski definition) is 5. The lowest BCUT2D eigenvalue weighted by Crippen LogP contribution is -2.31. The van der Waals surface area contributed by atoms with Crippen molar-refractivity contribution in [3.63, 3.8) is 0 Å². The highest BCUT2D eigenvalue weighted by atomic mass is 16.5. The van der Waals surface area contributed by atoms with Crippen LogP contribution in [0.4, 0.5) is 0 Å². The summed E-state index contributed by atoms with van der Waals surface area (Å²) < 4.78 is 10.9. The van der Waals surface area contributed by atoms with Crippen LogP contribution in [0.2, 0.25) is 0 Å². The Morgan fingerprint density at radius 2 is 1.95 bits per heavy atom. The number of carbonyl (C=O) groups excluding carboxylic acids is 2. The molecule has 0 unspecified atom stereocenters. The zero-order valence-electron chi connectivity index (χ0n) is 12.0. The molecule has 6 nitrogen and oxygen atoms in total. The Labute approximate surface area is 127 Å². The van der Waals surface area contributed by atoms with Gasteiger partial charge in [-0.1, -0.05) is 30.3 Å². The average molecular weight is 300 g/mol. The number of rotatable bonds is 6. The Hall–Kier alpha value is -2.86. The maximum absolute atomic E-state index is 11.9. The summed E-state index contributed by atoms with van der Waals surface area (Å²) in [5, 5.41) is 0. The first-order chi connectivity index (χ1) is 10.7. The van der Waals surface area contributed by atoms with Crippen LogP contribution in [0.3, 0.4) is 0 Å². The lowest BCUT2D eigenvalue weighted by atomic mass is 10.1. The number of hydrazine groups is 1. The first-order valence-corrected chi connectivity index (χ1v) is 6.55. The Morgan fingerprint density at radius 1 is 1.23 bits per heavy atom. The first-order valence-electron chi connectivity index (χ1n) is 6.55. The molecule has 0 saturated heterocycles. The van der Waals surface area contributed by atoms with E-state index in [-0.39, 0.29) is 16.9 Å². The number of nitrogens with two attached hydrogens (primary N) is 1. The van der Waals surface area contributed by atoms with Gasteiger partial charge in [-0.05, 0) is 17.7 Å². The molecule has 0 aromatic heterocycles. The van der Waals surface area contributed by atoms with Gasteiger partial charge in [0, 0.05) is 5.56 Å². The number of nitrogens with one attached hydrogen (secondary N) is 1. The van der Waals surface area contributed by atoms with Crippen LogP contribution in [0.15, 0.2) is 42.5 Å². The summed E-state index contributed by atoms with van der Waals surface area (Å²) >= 11 is 0. The van der Waals surface area contributed by atoms with Crippen LogP contribution >= 0.6 is 0 Å². The van der Waals surface area contributed by atoms with Crippen LogP contribution in [-0.4, -0.2) is 19.3 Å². The van der Waals surface area contributed by atoms with E-state index >= 15 is 0 Å². The molecular formula is C16H16N2O4. The van der Waals surface area contributed by atoms with Crippen molar-refractivity contribution < 1.29 is 19.1 Å². The lowest BCUT2D eigenvalue weighted by molar-refractivity contribution is 0.0944. The Bertz CT molecular complexity index is 671. The highest BCUT2D eigenvalue weighted by molar-refractivity contribution is 6.04. The van der Waals surface area contributed by atoms with Gasteiger partial charge in [-0.2, -0.15) is 0 Å². The molecule has 0 heterocycles. The van der Waals surface area contributed by atoms with E-state index in [0.717, 1.165) is 5.56 Å². The third-order valence-electron chi connectivity index (χ3n) is 3.08. The van der Waals surface area contributed by atoms with Crippen molar-refractivity contribution in [2.24, 2.45) is 5.84 Å². The smallest absolute Gasteiger partial charge is 0.269 e. The normalized spacial score (nSPS) is 9.91. The maximum atomic E-state index is 11.9. The van der Waals surface area contributed by atoms with E-state index in [1.807, 2.05) is 35.8 Å². The second-order valence-corrected chi connectivity index (χ2v) is 4.43. The molecule has 0 saturated carbocycles. The molecule has 0 radical (unpaired) electrons. The highest BCUT2D eigenvalue weighted by Crippen LogP contribution is 2.33. The van der Waals surface area contributed by atoms with Crippen LogP contribution < -0.4 is 20.7 Å². The molecule has 0 fully saturated rings. The summed E-state index contributed by atoms with van der Waals surface area (Å²) in [7, 11) is 1.40. The van der Waals surface area contributed by atoms with Gasteiger partial charge < -0.3 is 9.47 Å². The number of carbonyl (C=O) groups is 2. The predicted molar refractivity (Wildman–Crippen MR) is 80.8 cm³/mol. The molecule has 1 amide bonds. The van der Waals surface area contributed by atoms with Gasteiger partial charge in [0.2, 0.25) is 0 Å². The fourth-order valence-corrected chi connectivity index (χ4v) is 2.04. The Balaban J connectivity index is 2.35. The summed E-state index contributed by atoms with van der Waals surface area (Å²) in [5.41, 5.74) is 3.18. The van der Waals surface area contributed by atoms with E-state index in [4.69, 9.17) is 15.3 Å². The van der Waals surface area contributed by atoms with Gasteiger partial charge in [-0.15, -0.1) is 0 Å². The molecule has 0 aliphatic heterocycles. The largest absolute Gasteiger partial charge is 0.492 e. The van der Waals surface area contributed by atoms with Gasteiger partial charge in [0.25, 0.3) is 5.91 Å². The summed E-state index contributed by atoms with van der Waals surface area (Å²) in [6.07, 6.45) is 0.564. The molecule has 0 aliphatic carbocycles. The van der Waals surface area contributed by atoms with Crippen molar-refractivity contribution in [3.8, 4) is 11.5 Å². The zero-order valence-corrected chi connectivity index (χ0v) is 12.0. The monoisotopic (exact) mass is 300 g/mol. The third-order valence-corrected chi connectivity index (χ3v) is 3.08. The van der Waals surface area contributed by atoms with Crippen molar-refractivity contribution in [3.05, 3.63) is 59.2 Å². The lowest BCUT2D eigenvalue weighted by Gasteiger charge is -2.15. The minimum atomic E-state index is -0.621. The molecule has 2 rings (SSSR count). The topological polar surface area (TPSA) is 90.6 Å². The van der Waals surface area contributed by atoms with Crippen molar-refractivity contribution in [1.82, 2.24) is 5.43 Å². The summed E-state index contributed by atoms with van der Waals surface area (Å²) in [5.74, 6) is 5.06. The summed E-state index contributed by atoms with van der Waals surface area (Å²) in [6, 6.07) is 12.6. The number of amides is 1. The Morgan fingerprint density at radius 3 is 2.55 bits per heavy atom. The minimum absolute atomic E-state index is 0.0468. The van der Waals surface area contributed by atoms with Crippen LogP contribution in [0, 0.1) is 0 Å². The molecule has 2 aromatic carbocycles. The quantitative estimate of drug-likeness (QED) is 0.367. The molecule has 0 bridgehead atoms. The van der Waals surface area contributed by atoms with Crippen LogP contribution in [0.5, 0.6) is 11.5 Å². The molecule has 0 spiro atoms. The van der Waals surface area contributed by atoms with E-state index < -0.39 is 5.91 Å². The van der Waals surface area contributed by atoms with Gasteiger partial charge in [0.1, 0.15) is 6.61 Å². The molecule has 2 aromatic rings. The average Bonchev–Trinajstić information content (AvgIpc) is 2.59. The number of nitrogen functional groups attached to an aromatic ring is 1. The molecular weight excluding hydrogens is 284 g/mol. The predicted octanol–water partition coefficient (Wildman–Crippen LogP) is 1.69. The standard InChI is InChI=1S/C16H16N2O4/c1-21-15-13(22-10-11-5-3-2-4-6-11)8-7-12(9-19)14(15)16(20)18-17/h2-9H,10,17H2,1H3,(H,18,20). The second-order valence-electron chi connectivity index (χ2n) is 4.43.